The molecule has 4 heteroatoms. The van der Waals surface area contributed by atoms with E-state index in [1.54, 1.807) is 7.11 Å². The molecule has 0 aliphatic carbocycles. The van der Waals surface area contributed by atoms with Crippen LogP contribution in [0.2, 0.25) is 0 Å². The summed E-state index contributed by atoms with van der Waals surface area (Å²) in [7, 11) is 3.67. The molecule has 0 aliphatic heterocycles. The standard InChI is InChI=1S/C17H19Br2NO/c1-10-5-6-16(21-4)13(7-10)17(20-3)12-9-14(18)11(2)8-15(12)19/h5-9,17,20H,1-4H3. The topological polar surface area (TPSA) is 21.3 Å². The number of benzene rings is 2. The van der Waals surface area contributed by atoms with Gasteiger partial charge in [0.05, 0.1) is 13.2 Å². The van der Waals surface area contributed by atoms with Crippen molar-refractivity contribution in [2.45, 2.75) is 19.9 Å². The molecule has 0 saturated carbocycles. The minimum Gasteiger partial charge on any atom is -0.496 e. The van der Waals surface area contributed by atoms with Gasteiger partial charge in [0.1, 0.15) is 5.75 Å². The second kappa shape index (κ2) is 6.95. The fourth-order valence-electron chi connectivity index (χ4n) is 2.44. The van der Waals surface area contributed by atoms with Crippen molar-refractivity contribution in [1.29, 1.82) is 0 Å². The highest BCUT2D eigenvalue weighted by molar-refractivity contribution is 9.11. The van der Waals surface area contributed by atoms with Crippen molar-refractivity contribution in [2.75, 3.05) is 14.2 Å². The van der Waals surface area contributed by atoms with E-state index in [4.69, 9.17) is 4.74 Å². The van der Waals surface area contributed by atoms with Crippen molar-refractivity contribution < 1.29 is 4.74 Å². The van der Waals surface area contributed by atoms with E-state index in [2.05, 4.69) is 75.3 Å². The van der Waals surface area contributed by atoms with E-state index in [9.17, 15) is 0 Å². The highest BCUT2D eigenvalue weighted by atomic mass is 79.9. The van der Waals surface area contributed by atoms with Crippen LogP contribution in [0.1, 0.15) is 28.3 Å². The fourth-order valence-corrected chi connectivity index (χ4v) is 3.49. The number of rotatable bonds is 4. The van der Waals surface area contributed by atoms with E-state index >= 15 is 0 Å². The van der Waals surface area contributed by atoms with Crippen molar-refractivity contribution in [3.63, 3.8) is 0 Å². The lowest BCUT2D eigenvalue weighted by atomic mass is 9.96. The Kier molecular flexibility index (Phi) is 5.47. The molecule has 0 bridgehead atoms. The molecule has 2 aromatic rings. The summed E-state index contributed by atoms with van der Waals surface area (Å²) < 4.78 is 7.72. The summed E-state index contributed by atoms with van der Waals surface area (Å²) in [5, 5.41) is 3.39. The maximum Gasteiger partial charge on any atom is 0.123 e. The van der Waals surface area contributed by atoms with Crippen LogP contribution in [0.25, 0.3) is 0 Å². The van der Waals surface area contributed by atoms with E-state index in [1.165, 1.54) is 16.7 Å². The summed E-state index contributed by atoms with van der Waals surface area (Å²) in [6.07, 6.45) is 0. The van der Waals surface area contributed by atoms with Crippen LogP contribution in [0.15, 0.2) is 39.3 Å². The van der Waals surface area contributed by atoms with Gasteiger partial charge in [0, 0.05) is 14.5 Å². The Hall–Kier alpha value is -0.840. The maximum absolute atomic E-state index is 5.53. The molecular weight excluding hydrogens is 394 g/mol. The number of ether oxygens (including phenoxy) is 1. The van der Waals surface area contributed by atoms with Gasteiger partial charge >= 0.3 is 0 Å². The smallest absolute Gasteiger partial charge is 0.123 e. The van der Waals surface area contributed by atoms with Gasteiger partial charge in [-0.05, 0) is 50.2 Å². The average Bonchev–Trinajstić information content (AvgIpc) is 2.45. The second-order valence-corrected chi connectivity index (χ2v) is 6.80. The number of hydrogen-bond acceptors (Lipinski definition) is 2. The molecule has 2 aromatic carbocycles. The van der Waals surface area contributed by atoms with Crippen LogP contribution in [0.4, 0.5) is 0 Å². The lowest BCUT2D eigenvalue weighted by molar-refractivity contribution is 0.405. The molecule has 0 amide bonds. The molecule has 0 heterocycles. The number of nitrogens with one attached hydrogen (secondary N) is 1. The largest absolute Gasteiger partial charge is 0.496 e. The molecule has 2 nitrogen and oxygen atoms in total. The quantitative estimate of drug-likeness (QED) is 0.749. The molecule has 0 fully saturated rings. The summed E-state index contributed by atoms with van der Waals surface area (Å²) in [4.78, 5) is 0. The SMILES string of the molecule is CNC(c1cc(Br)c(C)cc1Br)c1cc(C)ccc1OC. The molecule has 0 aromatic heterocycles. The molecular formula is C17H19Br2NO. The van der Waals surface area contributed by atoms with Crippen LogP contribution in [-0.2, 0) is 0 Å². The number of hydrogen-bond donors (Lipinski definition) is 1. The fraction of sp³-hybridized carbons (Fsp3) is 0.294. The van der Waals surface area contributed by atoms with E-state index in [0.717, 1.165) is 20.3 Å². The summed E-state index contributed by atoms with van der Waals surface area (Å²) in [6, 6.07) is 10.6. The summed E-state index contributed by atoms with van der Waals surface area (Å²) >= 11 is 7.30. The zero-order valence-electron chi connectivity index (χ0n) is 12.6. The first-order valence-corrected chi connectivity index (χ1v) is 8.34. The van der Waals surface area contributed by atoms with Gasteiger partial charge in [-0.3, -0.25) is 0 Å². The van der Waals surface area contributed by atoms with Gasteiger partial charge < -0.3 is 10.1 Å². The van der Waals surface area contributed by atoms with Crippen LogP contribution in [-0.4, -0.2) is 14.2 Å². The van der Waals surface area contributed by atoms with E-state index < -0.39 is 0 Å². The number of aryl methyl sites for hydroxylation is 2. The first kappa shape index (κ1) is 16.5. The first-order chi connectivity index (χ1) is 9.97. The maximum atomic E-state index is 5.53. The molecule has 1 unspecified atom stereocenters. The number of methoxy groups -OCH3 is 1. The third-order valence-corrected chi connectivity index (χ3v) is 5.11. The molecule has 0 saturated heterocycles. The Bertz CT molecular complexity index is 655. The van der Waals surface area contributed by atoms with Gasteiger partial charge in [0.2, 0.25) is 0 Å². The summed E-state index contributed by atoms with van der Waals surface area (Å²) in [5.74, 6) is 0.892. The molecule has 21 heavy (non-hydrogen) atoms. The highest BCUT2D eigenvalue weighted by Crippen LogP contribution is 2.36. The average molecular weight is 413 g/mol. The predicted molar refractivity (Wildman–Crippen MR) is 95.2 cm³/mol. The predicted octanol–water partition coefficient (Wildman–Crippen LogP) is 5.15. The minimum atomic E-state index is 0.0612. The van der Waals surface area contributed by atoms with Crippen LogP contribution in [0.3, 0.4) is 0 Å². The van der Waals surface area contributed by atoms with Crippen molar-refractivity contribution >= 4 is 31.9 Å². The van der Waals surface area contributed by atoms with Crippen molar-refractivity contribution in [1.82, 2.24) is 5.32 Å². The van der Waals surface area contributed by atoms with Crippen molar-refractivity contribution in [2.24, 2.45) is 0 Å². The van der Waals surface area contributed by atoms with Crippen LogP contribution in [0, 0.1) is 13.8 Å². The third kappa shape index (κ3) is 3.50. The lowest BCUT2D eigenvalue weighted by Crippen LogP contribution is -2.19. The summed E-state index contributed by atoms with van der Waals surface area (Å²) in [5.41, 5.74) is 4.74. The van der Waals surface area contributed by atoms with Gasteiger partial charge in [-0.25, -0.2) is 0 Å². The van der Waals surface area contributed by atoms with Gasteiger partial charge in [-0.1, -0.05) is 49.6 Å². The van der Waals surface area contributed by atoms with Crippen molar-refractivity contribution in [3.05, 3.63) is 61.5 Å². The monoisotopic (exact) mass is 411 g/mol. The van der Waals surface area contributed by atoms with Gasteiger partial charge in [-0.15, -0.1) is 0 Å². The van der Waals surface area contributed by atoms with Gasteiger partial charge in [-0.2, -0.15) is 0 Å². The molecule has 1 N–H and O–H groups in total. The van der Waals surface area contributed by atoms with Gasteiger partial charge in [0.25, 0.3) is 0 Å². The first-order valence-electron chi connectivity index (χ1n) is 6.75. The summed E-state index contributed by atoms with van der Waals surface area (Å²) in [6.45, 7) is 4.18. The number of halogens is 2. The molecule has 0 radical (unpaired) electrons. The third-order valence-electron chi connectivity index (χ3n) is 3.57. The van der Waals surface area contributed by atoms with Crippen LogP contribution < -0.4 is 10.1 Å². The zero-order chi connectivity index (χ0) is 15.6. The minimum absolute atomic E-state index is 0.0612. The Morgan fingerprint density at radius 1 is 1.00 bits per heavy atom. The molecule has 0 spiro atoms. The molecule has 0 aliphatic rings. The Morgan fingerprint density at radius 2 is 1.71 bits per heavy atom. The molecule has 2 rings (SSSR count). The Labute approximate surface area is 143 Å². The zero-order valence-corrected chi connectivity index (χ0v) is 15.8. The normalized spacial score (nSPS) is 12.3. The van der Waals surface area contributed by atoms with Gasteiger partial charge in [0.15, 0.2) is 0 Å². The van der Waals surface area contributed by atoms with E-state index in [0.29, 0.717) is 0 Å². The van der Waals surface area contributed by atoms with Crippen LogP contribution >= 0.6 is 31.9 Å². The highest BCUT2D eigenvalue weighted by Gasteiger charge is 2.20. The lowest BCUT2D eigenvalue weighted by Gasteiger charge is -2.22. The van der Waals surface area contributed by atoms with E-state index in [1.807, 2.05) is 13.1 Å². The second-order valence-electron chi connectivity index (χ2n) is 5.09. The Morgan fingerprint density at radius 3 is 2.33 bits per heavy atom. The Balaban J connectivity index is 2.59. The molecule has 1 atom stereocenters. The molecule has 112 valence electrons. The van der Waals surface area contributed by atoms with Crippen LogP contribution in [0.5, 0.6) is 5.75 Å². The van der Waals surface area contributed by atoms with Crippen molar-refractivity contribution in [3.8, 4) is 5.75 Å². The van der Waals surface area contributed by atoms with E-state index in [-0.39, 0.29) is 6.04 Å².